The van der Waals surface area contributed by atoms with Gasteiger partial charge in [-0.25, -0.2) is 0 Å². The molecule has 4 nitrogen and oxygen atoms in total. The summed E-state index contributed by atoms with van der Waals surface area (Å²) in [7, 11) is 0. The SMILES string of the molecule is CCCCC(=O)N1CCOc2c(N)cccc21. The van der Waals surface area contributed by atoms with Gasteiger partial charge in [0.15, 0.2) is 5.75 Å². The van der Waals surface area contributed by atoms with Crippen LogP contribution in [0.5, 0.6) is 5.75 Å². The lowest BCUT2D eigenvalue weighted by Gasteiger charge is -2.30. The van der Waals surface area contributed by atoms with Crippen molar-refractivity contribution in [1.82, 2.24) is 0 Å². The number of carbonyl (C=O) groups is 1. The number of nitrogens with zero attached hydrogens (tertiary/aromatic N) is 1. The maximum Gasteiger partial charge on any atom is 0.227 e. The minimum atomic E-state index is 0.155. The van der Waals surface area contributed by atoms with E-state index >= 15 is 0 Å². The Bertz CT molecular complexity index is 418. The number of benzene rings is 1. The molecule has 1 amide bonds. The number of amides is 1. The molecule has 0 bridgehead atoms. The van der Waals surface area contributed by atoms with Crippen LogP contribution in [-0.4, -0.2) is 19.1 Å². The van der Waals surface area contributed by atoms with E-state index in [1.807, 2.05) is 12.1 Å². The van der Waals surface area contributed by atoms with Gasteiger partial charge >= 0.3 is 0 Å². The van der Waals surface area contributed by atoms with Gasteiger partial charge in [-0.05, 0) is 18.6 Å². The predicted octanol–water partition coefficient (Wildman–Crippen LogP) is 2.18. The summed E-state index contributed by atoms with van der Waals surface area (Å²) in [6.07, 6.45) is 2.54. The van der Waals surface area contributed by atoms with Gasteiger partial charge in [-0.3, -0.25) is 4.79 Å². The van der Waals surface area contributed by atoms with Gasteiger partial charge in [0.1, 0.15) is 6.61 Å². The van der Waals surface area contributed by atoms with E-state index in [-0.39, 0.29) is 5.91 Å². The lowest BCUT2D eigenvalue weighted by atomic mass is 10.1. The van der Waals surface area contributed by atoms with Crippen molar-refractivity contribution in [2.24, 2.45) is 0 Å². The average Bonchev–Trinajstić information content (AvgIpc) is 2.36. The molecular weight excluding hydrogens is 216 g/mol. The van der Waals surface area contributed by atoms with E-state index in [0.717, 1.165) is 18.5 Å². The van der Waals surface area contributed by atoms with Crippen molar-refractivity contribution < 1.29 is 9.53 Å². The van der Waals surface area contributed by atoms with Crippen LogP contribution in [-0.2, 0) is 4.79 Å². The Morgan fingerprint density at radius 2 is 2.35 bits per heavy atom. The third-order valence-corrected chi connectivity index (χ3v) is 2.92. The third-order valence-electron chi connectivity index (χ3n) is 2.92. The largest absolute Gasteiger partial charge is 0.487 e. The minimum Gasteiger partial charge on any atom is -0.487 e. The lowest BCUT2D eigenvalue weighted by molar-refractivity contribution is -0.119. The van der Waals surface area contributed by atoms with Crippen molar-refractivity contribution in [3.05, 3.63) is 18.2 Å². The Kier molecular flexibility index (Phi) is 3.52. The molecule has 1 heterocycles. The second-order valence-electron chi connectivity index (χ2n) is 4.19. The van der Waals surface area contributed by atoms with Crippen LogP contribution >= 0.6 is 0 Å². The van der Waals surface area contributed by atoms with Gasteiger partial charge in [0.2, 0.25) is 5.91 Å². The van der Waals surface area contributed by atoms with Gasteiger partial charge in [-0.15, -0.1) is 0 Å². The molecule has 1 aliphatic heterocycles. The molecule has 0 saturated carbocycles. The highest BCUT2D eigenvalue weighted by atomic mass is 16.5. The van der Waals surface area contributed by atoms with Crippen molar-refractivity contribution in [2.75, 3.05) is 23.8 Å². The number of fused-ring (bicyclic) bond motifs is 1. The fourth-order valence-corrected chi connectivity index (χ4v) is 1.99. The summed E-state index contributed by atoms with van der Waals surface area (Å²) in [5.74, 6) is 0.797. The zero-order valence-electron chi connectivity index (χ0n) is 10.1. The summed E-state index contributed by atoms with van der Waals surface area (Å²) >= 11 is 0. The highest BCUT2D eigenvalue weighted by Gasteiger charge is 2.24. The molecule has 2 rings (SSSR count). The molecular formula is C13H18N2O2. The molecule has 0 radical (unpaired) electrons. The van der Waals surface area contributed by atoms with Gasteiger partial charge in [0.25, 0.3) is 0 Å². The zero-order chi connectivity index (χ0) is 12.3. The second-order valence-corrected chi connectivity index (χ2v) is 4.19. The molecule has 4 heteroatoms. The van der Waals surface area contributed by atoms with Crippen molar-refractivity contribution >= 4 is 17.3 Å². The number of anilines is 2. The van der Waals surface area contributed by atoms with Gasteiger partial charge < -0.3 is 15.4 Å². The second kappa shape index (κ2) is 5.08. The molecule has 0 atom stereocenters. The van der Waals surface area contributed by atoms with Gasteiger partial charge in [0.05, 0.1) is 17.9 Å². The summed E-state index contributed by atoms with van der Waals surface area (Å²) < 4.78 is 5.52. The summed E-state index contributed by atoms with van der Waals surface area (Å²) in [5.41, 5.74) is 7.24. The number of unbranched alkanes of at least 4 members (excludes halogenated alkanes) is 1. The number of rotatable bonds is 3. The van der Waals surface area contributed by atoms with Crippen LogP contribution in [0.1, 0.15) is 26.2 Å². The Morgan fingerprint density at radius 3 is 3.12 bits per heavy atom. The van der Waals surface area contributed by atoms with Crippen molar-refractivity contribution in [1.29, 1.82) is 0 Å². The number of para-hydroxylation sites is 1. The molecule has 1 aromatic carbocycles. The maximum atomic E-state index is 12.1. The van der Waals surface area contributed by atoms with E-state index < -0.39 is 0 Å². The van der Waals surface area contributed by atoms with E-state index in [2.05, 4.69) is 6.92 Å². The van der Waals surface area contributed by atoms with E-state index in [0.29, 0.717) is 31.0 Å². The summed E-state index contributed by atoms with van der Waals surface area (Å²) in [5, 5.41) is 0. The van der Waals surface area contributed by atoms with E-state index in [1.165, 1.54) is 0 Å². The Morgan fingerprint density at radius 1 is 1.53 bits per heavy atom. The van der Waals surface area contributed by atoms with Crippen LogP contribution in [0, 0.1) is 0 Å². The normalized spacial score (nSPS) is 14.1. The Labute approximate surface area is 101 Å². The minimum absolute atomic E-state index is 0.155. The lowest BCUT2D eigenvalue weighted by Crippen LogP contribution is -2.38. The van der Waals surface area contributed by atoms with Gasteiger partial charge in [-0.1, -0.05) is 19.4 Å². The highest BCUT2D eigenvalue weighted by Crippen LogP contribution is 2.36. The van der Waals surface area contributed by atoms with Crippen molar-refractivity contribution in [3.8, 4) is 5.75 Å². The molecule has 0 saturated heterocycles. The molecule has 1 aromatic rings. The molecule has 1 aliphatic rings. The van der Waals surface area contributed by atoms with Crippen LogP contribution in [0.4, 0.5) is 11.4 Å². The number of carbonyl (C=O) groups excluding carboxylic acids is 1. The third kappa shape index (κ3) is 2.35. The monoisotopic (exact) mass is 234 g/mol. The quantitative estimate of drug-likeness (QED) is 0.815. The Balaban J connectivity index is 2.22. The van der Waals surface area contributed by atoms with Crippen molar-refractivity contribution in [2.45, 2.75) is 26.2 Å². The molecule has 0 aromatic heterocycles. The molecule has 0 unspecified atom stereocenters. The number of hydrogen-bond donors (Lipinski definition) is 1. The van der Waals surface area contributed by atoms with E-state index in [1.54, 1.807) is 11.0 Å². The summed E-state index contributed by atoms with van der Waals surface area (Å²) in [4.78, 5) is 13.8. The summed E-state index contributed by atoms with van der Waals surface area (Å²) in [6, 6.07) is 5.52. The van der Waals surface area contributed by atoms with E-state index in [9.17, 15) is 4.79 Å². The maximum absolute atomic E-state index is 12.1. The number of ether oxygens (including phenoxy) is 1. The molecule has 92 valence electrons. The predicted molar refractivity (Wildman–Crippen MR) is 68.2 cm³/mol. The van der Waals surface area contributed by atoms with Gasteiger partial charge in [-0.2, -0.15) is 0 Å². The summed E-state index contributed by atoms with van der Waals surface area (Å²) in [6.45, 7) is 3.20. The highest BCUT2D eigenvalue weighted by molar-refractivity contribution is 5.96. The van der Waals surface area contributed by atoms with E-state index in [4.69, 9.17) is 10.5 Å². The smallest absolute Gasteiger partial charge is 0.227 e. The first-order chi connectivity index (χ1) is 8.24. The first kappa shape index (κ1) is 11.8. The van der Waals surface area contributed by atoms with Crippen LogP contribution in [0.15, 0.2) is 18.2 Å². The van der Waals surface area contributed by atoms with Crippen LogP contribution in [0.2, 0.25) is 0 Å². The first-order valence-electron chi connectivity index (χ1n) is 6.05. The van der Waals surface area contributed by atoms with Gasteiger partial charge in [0, 0.05) is 6.42 Å². The molecule has 17 heavy (non-hydrogen) atoms. The van der Waals surface area contributed by atoms with Crippen LogP contribution < -0.4 is 15.4 Å². The first-order valence-corrected chi connectivity index (χ1v) is 6.05. The van der Waals surface area contributed by atoms with Crippen LogP contribution in [0.25, 0.3) is 0 Å². The number of nitrogens with two attached hydrogens (primary N) is 1. The molecule has 2 N–H and O–H groups in total. The fraction of sp³-hybridized carbons (Fsp3) is 0.462. The number of nitrogen functional groups attached to an aromatic ring is 1. The molecule has 0 fully saturated rings. The average molecular weight is 234 g/mol. The standard InChI is InChI=1S/C13H18N2O2/c1-2-3-7-12(16)15-8-9-17-13-10(14)5-4-6-11(13)15/h4-6H,2-3,7-9,14H2,1H3. The van der Waals surface area contributed by atoms with Crippen LogP contribution in [0.3, 0.4) is 0 Å². The molecule has 0 aliphatic carbocycles. The topological polar surface area (TPSA) is 55.6 Å². The Hall–Kier alpha value is -1.71. The number of hydrogen-bond acceptors (Lipinski definition) is 3. The molecule has 0 spiro atoms. The fourth-order valence-electron chi connectivity index (χ4n) is 1.99. The zero-order valence-corrected chi connectivity index (χ0v) is 10.1. The van der Waals surface area contributed by atoms with Crippen molar-refractivity contribution in [3.63, 3.8) is 0 Å².